The van der Waals surface area contributed by atoms with Crippen LogP contribution < -0.4 is 5.43 Å². The van der Waals surface area contributed by atoms with E-state index in [1.165, 1.54) is 0 Å². The number of rotatable bonds is 4. The van der Waals surface area contributed by atoms with Gasteiger partial charge < -0.3 is 9.32 Å². The van der Waals surface area contributed by atoms with Crippen molar-refractivity contribution in [2.45, 2.75) is 12.5 Å². The van der Waals surface area contributed by atoms with Gasteiger partial charge in [0, 0.05) is 11.0 Å². The first-order valence-corrected chi connectivity index (χ1v) is 10.6. The Morgan fingerprint density at radius 2 is 1.67 bits per heavy atom. The van der Waals surface area contributed by atoms with E-state index in [0.29, 0.717) is 29.5 Å². The highest BCUT2D eigenvalue weighted by molar-refractivity contribution is 9.10. The van der Waals surface area contributed by atoms with Crippen molar-refractivity contribution in [3.05, 3.63) is 116 Å². The van der Waals surface area contributed by atoms with Gasteiger partial charge in [0.25, 0.3) is 5.91 Å². The molecular weight excluding hydrogens is 442 g/mol. The number of para-hydroxylation sites is 1. The van der Waals surface area contributed by atoms with Crippen LogP contribution in [-0.4, -0.2) is 17.4 Å². The van der Waals surface area contributed by atoms with Crippen LogP contribution in [0.2, 0.25) is 0 Å². The lowest BCUT2D eigenvalue weighted by molar-refractivity contribution is 0.0730. The van der Waals surface area contributed by atoms with Gasteiger partial charge in [-0.3, -0.25) is 9.59 Å². The first-order chi connectivity index (χ1) is 14.6. The highest BCUT2D eigenvalue weighted by Gasteiger charge is 2.42. The number of nitrogens with zero attached hydrogens (tertiary/aromatic N) is 1. The Hall–Kier alpha value is -3.18. The van der Waals surface area contributed by atoms with Crippen molar-refractivity contribution in [1.82, 2.24) is 4.90 Å². The largest absolute Gasteiger partial charge is 0.450 e. The van der Waals surface area contributed by atoms with Crippen molar-refractivity contribution in [2.75, 3.05) is 6.54 Å². The molecule has 0 aliphatic carbocycles. The fourth-order valence-electron chi connectivity index (χ4n) is 4.12. The van der Waals surface area contributed by atoms with Gasteiger partial charge in [0.1, 0.15) is 5.58 Å². The maximum atomic E-state index is 13.4. The third-order valence-electron chi connectivity index (χ3n) is 5.52. The Balaban J connectivity index is 1.66. The molecule has 0 radical (unpaired) electrons. The number of benzene rings is 3. The molecule has 0 spiro atoms. The van der Waals surface area contributed by atoms with Crippen LogP contribution in [0.5, 0.6) is 0 Å². The molecule has 148 valence electrons. The second-order valence-electron chi connectivity index (χ2n) is 7.36. The summed E-state index contributed by atoms with van der Waals surface area (Å²) in [7, 11) is 0. The molecule has 5 rings (SSSR count). The second kappa shape index (κ2) is 7.58. The molecule has 4 aromatic rings. The zero-order chi connectivity index (χ0) is 20.7. The average molecular weight is 460 g/mol. The van der Waals surface area contributed by atoms with E-state index >= 15 is 0 Å². The first kappa shape index (κ1) is 18.8. The van der Waals surface area contributed by atoms with Gasteiger partial charge in [-0.1, -0.05) is 70.5 Å². The topological polar surface area (TPSA) is 50.5 Å². The molecule has 0 saturated carbocycles. The van der Waals surface area contributed by atoms with E-state index in [9.17, 15) is 9.59 Å². The minimum atomic E-state index is -0.477. The third-order valence-corrected chi connectivity index (χ3v) is 6.02. The summed E-state index contributed by atoms with van der Waals surface area (Å²) in [4.78, 5) is 28.5. The van der Waals surface area contributed by atoms with Gasteiger partial charge >= 0.3 is 0 Å². The number of halogens is 1. The van der Waals surface area contributed by atoms with Gasteiger partial charge in [0.05, 0.1) is 17.0 Å². The molecule has 5 heteroatoms. The van der Waals surface area contributed by atoms with Crippen LogP contribution in [-0.2, 0) is 6.42 Å². The zero-order valence-electron chi connectivity index (χ0n) is 16.0. The average Bonchev–Trinajstić information content (AvgIpc) is 3.05. The van der Waals surface area contributed by atoms with E-state index in [2.05, 4.69) is 15.9 Å². The van der Waals surface area contributed by atoms with Gasteiger partial charge in [-0.15, -0.1) is 0 Å². The Kier molecular flexibility index (Phi) is 4.75. The molecule has 0 saturated heterocycles. The molecule has 2 heterocycles. The predicted octanol–water partition coefficient (Wildman–Crippen LogP) is 5.34. The number of amides is 1. The number of fused-ring (bicyclic) bond motifs is 2. The fourth-order valence-corrected chi connectivity index (χ4v) is 4.53. The molecule has 3 aromatic carbocycles. The molecule has 1 aliphatic heterocycles. The summed E-state index contributed by atoms with van der Waals surface area (Å²) in [6, 6.07) is 24.4. The normalized spacial score (nSPS) is 15.6. The van der Waals surface area contributed by atoms with Gasteiger partial charge in [0.2, 0.25) is 5.76 Å². The number of hydrogen-bond acceptors (Lipinski definition) is 3. The van der Waals surface area contributed by atoms with Crippen LogP contribution in [0.3, 0.4) is 0 Å². The molecule has 0 N–H and O–H groups in total. The lowest BCUT2D eigenvalue weighted by Gasteiger charge is -2.25. The quantitative estimate of drug-likeness (QED) is 0.413. The third kappa shape index (κ3) is 3.15. The summed E-state index contributed by atoms with van der Waals surface area (Å²) in [6.45, 7) is 0.486. The molecule has 1 aromatic heterocycles. The van der Waals surface area contributed by atoms with Crippen LogP contribution in [0.4, 0.5) is 0 Å². The fraction of sp³-hybridized carbons (Fsp3) is 0.120. The Morgan fingerprint density at radius 3 is 2.47 bits per heavy atom. The van der Waals surface area contributed by atoms with Crippen molar-refractivity contribution in [3.63, 3.8) is 0 Å². The summed E-state index contributed by atoms with van der Waals surface area (Å²) in [5.74, 6) is -0.0921. The minimum absolute atomic E-state index is 0.146. The van der Waals surface area contributed by atoms with Crippen LogP contribution in [0.1, 0.15) is 33.3 Å². The molecule has 0 bridgehead atoms. The summed E-state index contributed by atoms with van der Waals surface area (Å²) < 4.78 is 6.86. The molecule has 0 fully saturated rings. The molecule has 4 nitrogen and oxygen atoms in total. The number of hydrogen-bond donors (Lipinski definition) is 0. The van der Waals surface area contributed by atoms with Crippen molar-refractivity contribution >= 4 is 32.8 Å². The van der Waals surface area contributed by atoms with Crippen LogP contribution >= 0.6 is 15.9 Å². The van der Waals surface area contributed by atoms with Gasteiger partial charge in [0.15, 0.2) is 5.43 Å². The summed E-state index contributed by atoms with van der Waals surface area (Å²) in [5, 5.41) is 0.494. The van der Waals surface area contributed by atoms with Crippen molar-refractivity contribution in [2.24, 2.45) is 0 Å². The molecule has 1 amide bonds. The maximum Gasteiger partial charge on any atom is 0.290 e. The minimum Gasteiger partial charge on any atom is -0.450 e. The van der Waals surface area contributed by atoms with Gasteiger partial charge in [-0.05, 0) is 41.8 Å². The molecular formula is C25H18BrNO3. The van der Waals surface area contributed by atoms with Crippen LogP contribution in [0.25, 0.3) is 11.0 Å². The van der Waals surface area contributed by atoms with E-state index in [0.717, 1.165) is 15.6 Å². The summed E-state index contributed by atoms with van der Waals surface area (Å²) in [5.41, 5.74) is 2.73. The second-order valence-corrected chi connectivity index (χ2v) is 8.28. The zero-order valence-corrected chi connectivity index (χ0v) is 17.6. The molecule has 1 atom stereocenters. The van der Waals surface area contributed by atoms with Crippen molar-refractivity contribution < 1.29 is 9.21 Å². The lowest BCUT2D eigenvalue weighted by Crippen LogP contribution is -2.31. The highest BCUT2D eigenvalue weighted by Crippen LogP contribution is 2.38. The molecule has 30 heavy (non-hydrogen) atoms. The monoisotopic (exact) mass is 459 g/mol. The van der Waals surface area contributed by atoms with Crippen molar-refractivity contribution in [3.8, 4) is 0 Å². The lowest BCUT2D eigenvalue weighted by atomic mass is 9.98. The first-order valence-electron chi connectivity index (χ1n) is 9.79. The van der Waals surface area contributed by atoms with Crippen molar-refractivity contribution in [1.29, 1.82) is 0 Å². The number of carbonyl (C=O) groups is 1. The van der Waals surface area contributed by atoms with E-state index in [4.69, 9.17) is 4.42 Å². The Labute approximate surface area is 181 Å². The predicted molar refractivity (Wildman–Crippen MR) is 120 cm³/mol. The smallest absolute Gasteiger partial charge is 0.290 e. The summed E-state index contributed by atoms with van der Waals surface area (Å²) in [6.07, 6.45) is 0.693. The van der Waals surface area contributed by atoms with E-state index in [-0.39, 0.29) is 17.1 Å². The number of carbonyl (C=O) groups excluding carboxylic acids is 1. The summed E-state index contributed by atoms with van der Waals surface area (Å²) >= 11 is 3.51. The van der Waals surface area contributed by atoms with Gasteiger partial charge in [-0.2, -0.15) is 0 Å². The highest BCUT2D eigenvalue weighted by atomic mass is 79.9. The molecule has 0 unspecified atom stereocenters. The van der Waals surface area contributed by atoms with E-state index < -0.39 is 6.04 Å². The molecule has 1 aliphatic rings. The van der Waals surface area contributed by atoms with Gasteiger partial charge in [-0.25, -0.2) is 0 Å². The van der Waals surface area contributed by atoms with E-state index in [1.807, 2.05) is 60.7 Å². The Morgan fingerprint density at radius 1 is 0.900 bits per heavy atom. The van der Waals surface area contributed by atoms with Crippen LogP contribution in [0, 0.1) is 0 Å². The Bertz CT molecular complexity index is 1310. The van der Waals surface area contributed by atoms with E-state index in [1.54, 1.807) is 23.1 Å². The maximum absolute atomic E-state index is 13.4. The standard InChI is InChI=1S/C25H18BrNO3/c26-18-10-6-9-17(15-18)22-21-23(28)19-11-4-5-12-20(19)30-24(21)25(29)27(22)14-13-16-7-2-1-3-8-16/h1-12,15,22H,13-14H2/t22-/m0/s1. The van der Waals surface area contributed by atoms with Crippen LogP contribution in [0.15, 0.2) is 92.5 Å². The SMILES string of the molecule is O=C1c2oc3ccccc3c(=O)c2[C@H](c2cccc(Br)c2)N1CCc1ccccc1.